The van der Waals surface area contributed by atoms with Crippen LogP contribution in [-0.4, -0.2) is 44.4 Å². The third-order valence-electron chi connectivity index (χ3n) is 3.35. The summed E-state index contributed by atoms with van der Waals surface area (Å²) in [6.07, 6.45) is 1.60. The summed E-state index contributed by atoms with van der Waals surface area (Å²) >= 11 is 0. The number of Topliss-reactive ketones (excluding diaryl/α,β-unsaturated/α-hetero) is 1. The second-order valence-electron chi connectivity index (χ2n) is 4.25. The van der Waals surface area contributed by atoms with Crippen molar-refractivity contribution in [3.63, 3.8) is 0 Å². The van der Waals surface area contributed by atoms with E-state index in [1.165, 1.54) is 0 Å². The highest BCUT2D eigenvalue weighted by Gasteiger charge is 2.55. The highest BCUT2D eigenvalue weighted by molar-refractivity contribution is 5.77. The van der Waals surface area contributed by atoms with Gasteiger partial charge in [-0.3, -0.25) is 4.79 Å². The van der Waals surface area contributed by atoms with Crippen molar-refractivity contribution in [2.45, 2.75) is 58.3 Å². The highest BCUT2D eigenvalue weighted by Crippen LogP contribution is 2.37. The summed E-state index contributed by atoms with van der Waals surface area (Å²) in [5.41, 5.74) is -0.177. The first-order valence-corrected chi connectivity index (χ1v) is 6.19. The summed E-state index contributed by atoms with van der Waals surface area (Å²) in [4.78, 5) is 10.2. The third-order valence-corrected chi connectivity index (χ3v) is 3.35. The molecule has 17 heavy (non-hydrogen) atoms. The molecule has 0 aliphatic carbocycles. The Balaban J connectivity index is 0.000000366. The van der Waals surface area contributed by atoms with Crippen LogP contribution in [0.5, 0.6) is 0 Å². The fraction of sp³-hybridized carbons (Fsp3) is 0.923. The molecular weight excluding hydrogens is 220 g/mol. The summed E-state index contributed by atoms with van der Waals surface area (Å²) < 4.78 is 15.7. The van der Waals surface area contributed by atoms with Crippen molar-refractivity contribution in [3.05, 3.63) is 0 Å². The number of epoxide rings is 1. The smallest absolute Gasteiger partial charge is 0.143 e. The second-order valence-corrected chi connectivity index (χ2v) is 4.25. The van der Waals surface area contributed by atoms with Crippen molar-refractivity contribution in [3.8, 4) is 0 Å². The number of carbonyl (C=O) groups is 1. The molecule has 1 fully saturated rings. The zero-order valence-corrected chi connectivity index (χ0v) is 11.9. The van der Waals surface area contributed by atoms with Gasteiger partial charge in [0.1, 0.15) is 11.4 Å². The lowest BCUT2D eigenvalue weighted by Gasteiger charge is -2.23. The Kier molecular flexibility index (Phi) is 7.59. The predicted molar refractivity (Wildman–Crippen MR) is 67.2 cm³/mol. The van der Waals surface area contributed by atoms with Crippen LogP contribution in [0.15, 0.2) is 0 Å². The number of methoxy groups -OCH3 is 2. The molecule has 4 heteroatoms. The molecule has 0 saturated carbocycles. The van der Waals surface area contributed by atoms with Crippen molar-refractivity contribution in [1.29, 1.82) is 0 Å². The van der Waals surface area contributed by atoms with E-state index in [-0.39, 0.29) is 17.8 Å². The summed E-state index contributed by atoms with van der Waals surface area (Å²) in [6, 6.07) is 0. The Morgan fingerprint density at radius 2 is 1.53 bits per heavy atom. The van der Waals surface area contributed by atoms with Crippen molar-refractivity contribution in [1.82, 2.24) is 0 Å². The molecule has 1 aliphatic rings. The third kappa shape index (κ3) is 4.74. The average Bonchev–Trinajstić information content (AvgIpc) is 3.17. The summed E-state index contributed by atoms with van der Waals surface area (Å²) in [5, 5.41) is 0. The number of ether oxygens (including phenoxy) is 3. The number of rotatable bonds is 6. The van der Waals surface area contributed by atoms with Gasteiger partial charge in [0.2, 0.25) is 0 Å². The molecule has 0 bridgehead atoms. The van der Waals surface area contributed by atoms with Gasteiger partial charge in [0.15, 0.2) is 0 Å². The van der Waals surface area contributed by atoms with E-state index in [2.05, 4.69) is 0 Å². The van der Waals surface area contributed by atoms with Crippen LogP contribution in [0.3, 0.4) is 0 Å². The van der Waals surface area contributed by atoms with Gasteiger partial charge >= 0.3 is 0 Å². The number of hydrogen-bond acceptors (Lipinski definition) is 4. The summed E-state index contributed by atoms with van der Waals surface area (Å²) in [6.45, 7) is 8.51. The Morgan fingerprint density at radius 3 is 1.65 bits per heavy atom. The van der Waals surface area contributed by atoms with Gasteiger partial charge in [0.25, 0.3) is 0 Å². The number of carbonyl (C=O) groups excluding carboxylic acids is 1. The normalized spacial score (nSPS) is 25.5. The van der Waals surface area contributed by atoms with E-state index in [0.29, 0.717) is 18.6 Å². The van der Waals surface area contributed by atoms with Crippen LogP contribution in [0.1, 0.15) is 40.5 Å². The Morgan fingerprint density at radius 1 is 1.18 bits per heavy atom. The van der Waals surface area contributed by atoms with Gasteiger partial charge in [-0.05, 0) is 13.8 Å². The van der Waals surface area contributed by atoms with Crippen molar-refractivity contribution < 1.29 is 19.0 Å². The maximum Gasteiger partial charge on any atom is 0.143 e. The first-order valence-electron chi connectivity index (χ1n) is 6.19. The molecule has 2 atom stereocenters. The average molecular weight is 246 g/mol. The van der Waals surface area contributed by atoms with Crippen LogP contribution in [-0.2, 0) is 19.0 Å². The van der Waals surface area contributed by atoms with Gasteiger partial charge in [-0.2, -0.15) is 0 Å². The van der Waals surface area contributed by atoms with Gasteiger partial charge < -0.3 is 14.2 Å². The lowest BCUT2D eigenvalue weighted by molar-refractivity contribution is -0.118. The maximum absolute atomic E-state index is 10.2. The molecule has 0 spiro atoms. The van der Waals surface area contributed by atoms with Crippen LogP contribution in [0.2, 0.25) is 0 Å². The first-order chi connectivity index (χ1) is 7.98. The van der Waals surface area contributed by atoms with Crippen molar-refractivity contribution >= 4 is 5.78 Å². The van der Waals surface area contributed by atoms with Crippen LogP contribution in [0.4, 0.5) is 0 Å². The van der Waals surface area contributed by atoms with E-state index in [9.17, 15) is 4.79 Å². The molecule has 0 aromatic heterocycles. The quantitative estimate of drug-likeness (QED) is 0.674. The topological polar surface area (TPSA) is 48.1 Å². The van der Waals surface area contributed by atoms with Gasteiger partial charge in [-0.1, -0.05) is 13.8 Å². The van der Waals surface area contributed by atoms with E-state index in [0.717, 1.165) is 6.61 Å². The maximum atomic E-state index is 10.2. The number of ketones is 1. The SMILES string of the molecule is CCC(=O)CC.COC(C)C1(C(C)OC)CO1. The Bertz CT molecular complexity index is 205. The molecule has 0 aromatic rings. The number of hydrogen-bond donors (Lipinski definition) is 0. The molecule has 1 saturated heterocycles. The monoisotopic (exact) mass is 246 g/mol. The predicted octanol–water partition coefficient (Wildman–Crippen LogP) is 2.20. The zero-order chi connectivity index (χ0) is 13.5. The standard InChI is InChI=1S/C8H16O3.C5H10O/c1-6(9-3)8(5-11-8)7(2)10-4;1-3-5(6)4-2/h6-7H,5H2,1-4H3;3-4H2,1-2H3. The molecular formula is C13H26O4. The van der Waals surface area contributed by atoms with E-state index >= 15 is 0 Å². The van der Waals surface area contributed by atoms with E-state index in [4.69, 9.17) is 14.2 Å². The fourth-order valence-corrected chi connectivity index (χ4v) is 1.53. The molecule has 2 unspecified atom stereocenters. The lowest BCUT2D eigenvalue weighted by Crippen LogP contribution is -2.40. The Labute approximate surface area is 105 Å². The molecule has 4 nitrogen and oxygen atoms in total. The zero-order valence-electron chi connectivity index (χ0n) is 11.9. The minimum Gasteiger partial charge on any atom is -0.379 e. The van der Waals surface area contributed by atoms with Crippen LogP contribution < -0.4 is 0 Å². The largest absolute Gasteiger partial charge is 0.379 e. The van der Waals surface area contributed by atoms with Crippen LogP contribution in [0, 0.1) is 0 Å². The second kappa shape index (κ2) is 7.80. The van der Waals surface area contributed by atoms with E-state index in [1.807, 2.05) is 27.7 Å². The summed E-state index contributed by atoms with van der Waals surface area (Å²) in [5.74, 6) is 0.343. The minimum absolute atomic E-state index is 0.109. The Hall–Kier alpha value is -0.450. The van der Waals surface area contributed by atoms with Crippen molar-refractivity contribution in [2.75, 3.05) is 20.8 Å². The van der Waals surface area contributed by atoms with Gasteiger partial charge in [0.05, 0.1) is 18.8 Å². The molecule has 0 aromatic carbocycles. The summed E-state index contributed by atoms with van der Waals surface area (Å²) in [7, 11) is 3.38. The van der Waals surface area contributed by atoms with Gasteiger partial charge in [0, 0.05) is 27.1 Å². The molecule has 0 radical (unpaired) electrons. The van der Waals surface area contributed by atoms with Crippen LogP contribution in [0.25, 0.3) is 0 Å². The minimum atomic E-state index is -0.177. The molecule has 1 aliphatic heterocycles. The molecule has 1 rings (SSSR count). The molecule has 1 heterocycles. The first kappa shape index (κ1) is 16.6. The van der Waals surface area contributed by atoms with Crippen molar-refractivity contribution in [2.24, 2.45) is 0 Å². The van der Waals surface area contributed by atoms with E-state index in [1.54, 1.807) is 14.2 Å². The molecule has 102 valence electrons. The highest BCUT2D eigenvalue weighted by atomic mass is 16.6. The van der Waals surface area contributed by atoms with Gasteiger partial charge in [-0.25, -0.2) is 0 Å². The molecule has 0 N–H and O–H groups in total. The fourth-order valence-electron chi connectivity index (χ4n) is 1.53. The van der Waals surface area contributed by atoms with Gasteiger partial charge in [-0.15, -0.1) is 0 Å². The lowest BCUT2D eigenvalue weighted by atomic mass is 9.99. The van der Waals surface area contributed by atoms with E-state index < -0.39 is 0 Å². The molecule has 0 amide bonds. The van der Waals surface area contributed by atoms with Crippen LogP contribution >= 0.6 is 0 Å².